The maximum absolute atomic E-state index is 12.7. The zero-order valence-corrected chi connectivity index (χ0v) is 29.7. The van der Waals surface area contributed by atoms with Crippen molar-refractivity contribution in [3.05, 3.63) is 69.8 Å². The molecule has 0 spiro atoms. The minimum atomic E-state index is -1.34. The van der Waals surface area contributed by atoms with Crippen LogP contribution in [-0.4, -0.2) is 76.2 Å². The van der Waals surface area contributed by atoms with Crippen molar-refractivity contribution in [3.8, 4) is 0 Å². The van der Waals surface area contributed by atoms with Crippen LogP contribution in [0.15, 0.2) is 54.2 Å². The van der Waals surface area contributed by atoms with E-state index in [4.69, 9.17) is 37.4 Å². The Kier molecular flexibility index (Phi) is 14.4. The Morgan fingerprint density at radius 2 is 2.02 bits per heavy atom. The van der Waals surface area contributed by atoms with Gasteiger partial charge in [-0.25, -0.2) is 0 Å². The first-order valence-corrected chi connectivity index (χ1v) is 17.0. The fraction of sp³-hybridized carbons (Fsp3) is 0.639. The molecule has 1 aromatic carbocycles. The number of aliphatic hydroxyl groups excluding tert-OH is 1. The molecule has 0 bridgehead atoms. The molecule has 0 aliphatic carbocycles. The molecule has 2 aliphatic rings. The van der Waals surface area contributed by atoms with Gasteiger partial charge in [0.25, 0.3) is 0 Å². The molecule has 8 nitrogen and oxygen atoms in total. The number of nitrogens with one attached hydrogen (secondary N) is 1. The number of carbonyl (C=O) groups is 1. The van der Waals surface area contributed by atoms with Crippen LogP contribution < -0.4 is 5.32 Å². The summed E-state index contributed by atoms with van der Waals surface area (Å²) < 4.78 is 17.7. The van der Waals surface area contributed by atoms with Crippen LogP contribution in [0.2, 0.25) is 10.0 Å². The number of cyclic esters (lactones) is 1. The number of halogens is 2. The van der Waals surface area contributed by atoms with Gasteiger partial charge in [0.05, 0.1) is 42.0 Å². The number of ether oxygens (including phenoxy) is 3. The smallest absolute Gasteiger partial charge is 0.309 e. The second-order valence-electron chi connectivity index (χ2n) is 13.5. The third kappa shape index (κ3) is 11.2. The highest BCUT2D eigenvalue weighted by atomic mass is 35.5. The maximum atomic E-state index is 12.7. The summed E-state index contributed by atoms with van der Waals surface area (Å²) >= 11 is 12.6. The lowest BCUT2D eigenvalue weighted by Gasteiger charge is -2.31. The first-order valence-electron chi connectivity index (χ1n) is 16.3. The predicted octanol–water partition coefficient (Wildman–Crippen LogP) is 6.32. The average molecular weight is 683 g/mol. The first-order chi connectivity index (χ1) is 21.6. The third-order valence-electron chi connectivity index (χ3n) is 9.25. The van der Waals surface area contributed by atoms with Crippen LogP contribution in [0.25, 0.3) is 0 Å². The van der Waals surface area contributed by atoms with E-state index in [0.717, 1.165) is 17.6 Å². The number of methoxy groups -OCH3 is 1. The largest absolute Gasteiger partial charge is 0.457 e. The van der Waals surface area contributed by atoms with Crippen molar-refractivity contribution in [3.63, 3.8) is 0 Å². The molecule has 3 rings (SSSR count). The van der Waals surface area contributed by atoms with Gasteiger partial charge in [0, 0.05) is 35.5 Å². The highest BCUT2D eigenvalue weighted by molar-refractivity contribution is 6.35. The molecule has 10 atom stereocenters. The molecule has 4 N–H and O–H groups in total. The van der Waals surface area contributed by atoms with E-state index in [1.54, 1.807) is 45.2 Å². The lowest BCUT2D eigenvalue weighted by molar-refractivity contribution is -0.151. The van der Waals surface area contributed by atoms with E-state index >= 15 is 0 Å². The predicted molar refractivity (Wildman–Crippen MR) is 183 cm³/mol. The average Bonchev–Trinajstić information content (AvgIpc) is 3.76. The van der Waals surface area contributed by atoms with Gasteiger partial charge in [0.1, 0.15) is 12.2 Å². The molecular formula is C36H53Cl2NO7. The van der Waals surface area contributed by atoms with Crippen molar-refractivity contribution in [2.45, 2.75) is 128 Å². The zero-order chi connectivity index (χ0) is 34.2. The Bertz CT molecular complexity index is 1240. The van der Waals surface area contributed by atoms with E-state index in [-0.39, 0.29) is 36.6 Å². The highest BCUT2D eigenvalue weighted by Crippen LogP contribution is 2.39. The quantitative estimate of drug-likeness (QED) is 0.0875. The summed E-state index contributed by atoms with van der Waals surface area (Å²) in [6.07, 6.45) is 9.16. The fourth-order valence-corrected chi connectivity index (χ4v) is 6.72. The summed E-state index contributed by atoms with van der Waals surface area (Å²) in [7, 11) is 1.70. The van der Waals surface area contributed by atoms with Crippen LogP contribution in [0.4, 0.5) is 0 Å². The topological polar surface area (TPSA) is 121 Å². The van der Waals surface area contributed by atoms with Gasteiger partial charge in [-0.1, -0.05) is 80.4 Å². The molecule has 1 saturated heterocycles. The summed E-state index contributed by atoms with van der Waals surface area (Å²) in [4.78, 5) is 12.7. The molecule has 0 radical (unpaired) electrons. The van der Waals surface area contributed by atoms with Crippen LogP contribution in [0.5, 0.6) is 0 Å². The molecule has 258 valence electrons. The number of allylic oxidation sites excluding steroid dienone is 2. The SMILES string of the molecule is CCC(OC)C(C)C1OC1C(NCc1ccc(Cl)cc1Cl)C(C)(O)C=CC=C(C)C1OC(=O)CC(O)CCC(C)(O)CC=CC1C. The summed E-state index contributed by atoms with van der Waals surface area (Å²) in [6.45, 7) is 11.9. The number of epoxide rings is 1. The number of carbonyl (C=O) groups excluding carboxylic acids is 1. The molecular weight excluding hydrogens is 629 g/mol. The zero-order valence-electron chi connectivity index (χ0n) is 28.2. The Hall–Kier alpha value is -1.75. The summed E-state index contributed by atoms with van der Waals surface area (Å²) in [5.41, 5.74) is -0.693. The summed E-state index contributed by atoms with van der Waals surface area (Å²) in [6, 6.07) is 4.85. The van der Waals surface area contributed by atoms with Crippen molar-refractivity contribution in [1.82, 2.24) is 5.32 Å². The molecule has 1 aromatic rings. The number of esters is 1. The van der Waals surface area contributed by atoms with Crippen molar-refractivity contribution in [2.75, 3.05) is 7.11 Å². The molecule has 1 fully saturated rings. The highest BCUT2D eigenvalue weighted by Gasteiger charge is 2.54. The molecule has 10 heteroatoms. The number of benzene rings is 1. The molecule has 10 unspecified atom stereocenters. The van der Waals surface area contributed by atoms with Gasteiger partial charge in [-0.15, -0.1) is 0 Å². The second kappa shape index (κ2) is 17.1. The van der Waals surface area contributed by atoms with Crippen LogP contribution >= 0.6 is 23.2 Å². The number of hydrogen-bond donors (Lipinski definition) is 4. The lowest BCUT2D eigenvalue weighted by Crippen LogP contribution is -2.52. The van der Waals surface area contributed by atoms with Crippen molar-refractivity contribution < 1.29 is 34.3 Å². The van der Waals surface area contributed by atoms with Gasteiger partial charge in [0.15, 0.2) is 0 Å². The van der Waals surface area contributed by atoms with Crippen molar-refractivity contribution in [1.29, 1.82) is 0 Å². The van der Waals surface area contributed by atoms with Gasteiger partial charge < -0.3 is 34.8 Å². The minimum Gasteiger partial charge on any atom is -0.457 e. The standard InChI is InChI=1S/C36H53Cl2NO7/c1-8-29(44-7)24(4)32-33(46-32)34(39-21-25-13-14-26(37)19-28(25)38)36(6,43)17-10-12-23(3)31-22(2)11-9-16-35(5,42)18-15-27(40)20-30(41)45-31/h9-14,17,19,22,24,27,29,31-34,39-40,42-43H,8,15-16,18,20-21H2,1-7H3. The van der Waals surface area contributed by atoms with Gasteiger partial charge in [-0.3, -0.25) is 4.79 Å². The lowest BCUT2D eigenvalue weighted by atomic mass is 9.87. The van der Waals surface area contributed by atoms with Crippen molar-refractivity contribution in [2.24, 2.45) is 11.8 Å². The third-order valence-corrected chi connectivity index (χ3v) is 9.84. The van der Waals surface area contributed by atoms with Gasteiger partial charge in [0.2, 0.25) is 0 Å². The molecule has 0 aromatic heterocycles. The fourth-order valence-electron chi connectivity index (χ4n) is 6.24. The number of aliphatic hydroxyl groups is 3. The number of hydrogen-bond acceptors (Lipinski definition) is 8. The van der Waals surface area contributed by atoms with E-state index in [1.807, 2.05) is 38.1 Å². The Morgan fingerprint density at radius 3 is 2.67 bits per heavy atom. The number of rotatable bonds is 12. The van der Waals surface area contributed by atoms with Gasteiger partial charge >= 0.3 is 5.97 Å². The second-order valence-corrected chi connectivity index (χ2v) is 14.3. The van der Waals surface area contributed by atoms with Crippen molar-refractivity contribution >= 4 is 29.2 Å². The normalized spacial score (nSPS) is 31.3. The van der Waals surface area contributed by atoms with Crippen LogP contribution in [0, 0.1) is 11.8 Å². The van der Waals surface area contributed by atoms with Crippen LogP contribution in [0.3, 0.4) is 0 Å². The van der Waals surface area contributed by atoms with E-state index in [2.05, 4.69) is 19.2 Å². The Labute approximate surface area is 284 Å². The molecule has 46 heavy (non-hydrogen) atoms. The van der Waals surface area contributed by atoms with Crippen LogP contribution in [0.1, 0.15) is 79.2 Å². The Morgan fingerprint density at radius 1 is 1.30 bits per heavy atom. The molecule has 2 aliphatic heterocycles. The van der Waals surface area contributed by atoms with E-state index < -0.39 is 35.4 Å². The van der Waals surface area contributed by atoms with E-state index in [1.165, 1.54) is 0 Å². The summed E-state index contributed by atoms with van der Waals surface area (Å²) in [5.74, 6) is -0.563. The molecule has 0 amide bonds. The minimum absolute atomic E-state index is 0.0318. The molecule has 0 saturated carbocycles. The van der Waals surface area contributed by atoms with E-state index in [0.29, 0.717) is 35.9 Å². The van der Waals surface area contributed by atoms with E-state index in [9.17, 15) is 20.1 Å². The first kappa shape index (κ1) is 38.7. The van der Waals surface area contributed by atoms with Crippen LogP contribution in [-0.2, 0) is 25.5 Å². The van der Waals surface area contributed by atoms with Gasteiger partial charge in [-0.05, 0) is 69.7 Å². The van der Waals surface area contributed by atoms with Gasteiger partial charge in [-0.2, -0.15) is 0 Å². The maximum Gasteiger partial charge on any atom is 0.309 e. The monoisotopic (exact) mass is 681 g/mol. The molecule has 2 heterocycles. The summed E-state index contributed by atoms with van der Waals surface area (Å²) in [5, 5.41) is 37.4. The Balaban J connectivity index is 1.83.